The summed E-state index contributed by atoms with van der Waals surface area (Å²) in [5.74, 6) is -0.392. The number of carbonyl (C=O) groups excluding carboxylic acids is 2. The summed E-state index contributed by atoms with van der Waals surface area (Å²) < 4.78 is 11.2. The lowest BCUT2D eigenvalue weighted by atomic mass is 10.1. The number of nitro groups is 1. The number of ether oxygens (including phenoxy) is 2. The van der Waals surface area contributed by atoms with Crippen LogP contribution in [0.25, 0.3) is 0 Å². The molecule has 0 radical (unpaired) electrons. The highest BCUT2D eigenvalue weighted by Crippen LogP contribution is 2.33. The fourth-order valence-electron chi connectivity index (χ4n) is 2.28. The number of nitrogens with one attached hydrogen (secondary N) is 3. The van der Waals surface area contributed by atoms with Crippen molar-refractivity contribution >= 4 is 17.5 Å². The van der Waals surface area contributed by atoms with Gasteiger partial charge in [-0.05, 0) is 19.1 Å². The molecule has 1 aliphatic rings. The second-order valence-electron chi connectivity index (χ2n) is 5.28. The van der Waals surface area contributed by atoms with Gasteiger partial charge in [0.1, 0.15) is 11.8 Å². The smallest absolute Gasteiger partial charge is 0.287 e. The molecule has 2 amide bonds. The fraction of sp³-hybridized carbons (Fsp3) is 0.200. The normalized spacial score (nSPS) is 18.3. The monoisotopic (exact) mass is 346 g/mol. The lowest BCUT2D eigenvalue weighted by molar-refractivity contribution is -0.384. The minimum absolute atomic E-state index is 0.0637. The van der Waals surface area contributed by atoms with Crippen molar-refractivity contribution in [3.05, 3.63) is 52.3 Å². The van der Waals surface area contributed by atoms with Crippen LogP contribution in [0.2, 0.25) is 0 Å². The van der Waals surface area contributed by atoms with Crippen molar-refractivity contribution in [2.24, 2.45) is 0 Å². The third-order valence-corrected chi connectivity index (χ3v) is 3.52. The molecule has 3 N–H and O–H groups in total. The van der Waals surface area contributed by atoms with E-state index in [9.17, 15) is 19.7 Å². The van der Waals surface area contributed by atoms with E-state index in [0.717, 1.165) is 12.3 Å². The standard InChI is InChI=1S/C15H14N4O6/c1-8-13(25-12-5-3-2-4-11(12)24-8)15(21)18-17-14(20)10-6-9(7-16-10)19(22)23/h2-8,13,16H,1H3,(H,17,20)(H,18,21). The lowest BCUT2D eigenvalue weighted by Crippen LogP contribution is -2.53. The summed E-state index contributed by atoms with van der Waals surface area (Å²) in [7, 11) is 0. The number of amides is 2. The lowest BCUT2D eigenvalue weighted by Gasteiger charge is -2.30. The summed E-state index contributed by atoms with van der Waals surface area (Å²) in [5.41, 5.74) is 4.06. The molecule has 2 heterocycles. The van der Waals surface area contributed by atoms with E-state index in [2.05, 4.69) is 15.8 Å². The van der Waals surface area contributed by atoms with Crippen LogP contribution < -0.4 is 20.3 Å². The summed E-state index contributed by atoms with van der Waals surface area (Å²) in [6.07, 6.45) is -0.458. The third-order valence-electron chi connectivity index (χ3n) is 3.52. The number of carbonyl (C=O) groups is 2. The first kappa shape index (κ1) is 16.3. The van der Waals surface area contributed by atoms with Gasteiger partial charge in [-0.25, -0.2) is 0 Å². The van der Waals surface area contributed by atoms with Crippen LogP contribution in [0, 0.1) is 10.1 Å². The Hall–Kier alpha value is -3.56. The molecular weight excluding hydrogens is 332 g/mol. The van der Waals surface area contributed by atoms with Crippen molar-refractivity contribution < 1.29 is 24.0 Å². The average Bonchev–Trinajstić information content (AvgIpc) is 3.09. The number of nitrogens with zero attached hydrogens (tertiary/aromatic N) is 1. The van der Waals surface area contributed by atoms with Gasteiger partial charge in [-0.2, -0.15) is 0 Å². The Bertz CT molecular complexity index is 833. The predicted octanol–water partition coefficient (Wildman–Crippen LogP) is 0.912. The summed E-state index contributed by atoms with van der Waals surface area (Å²) >= 11 is 0. The third kappa shape index (κ3) is 3.37. The number of aromatic amines is 1. The highest BCUT2D eigenvalue weighted by molar-refractivity contribution is 5.95. The maximum atomic E-state index is 12.2. The number of hydrogen-bond donors (Lipinski definition) is 3. The van der Waals surface area contributed by atoms with Crippen molar-refractivity contribution in [1.82, 2.24) is 15.8 Å². The van der Waals surface area contributed by atoms with Crippen molar-refractivity contribution in [2.75, 3.05) is 0 Å². The number of aromatic nitrogens is 1. The Morgan fingerprint density at radius 3 is 2.52 bits per heavy atom. The van der Waals surface area contributed by atoms with Crippen LogP contribution in [0.4, 0.5) is 5.69 Å². The van der Waals surface area contributed by atoms with Crippen molar-refractivity contribution in [1.29, 1.82) is 0 Å². The van der Waals surface area contributed by atoms with Gasteiger partial charge in [0.25, 0.3) is 17.5 Å². The Morgan fingerprint density at radius 1 is 1.20 bits per heavy atom. The van der Waals surface area contributed by atoms with Gasteiger partial charge < -0.3 is 14.5 Å². The molecule has 3 rings (SSSR count). The van der Waals surface area contributed by atoms with Gasteiger partial charge >= 0.3 is 0 Å². The molecular formula is C15H14N4O6. The molecule has 2 atom stereocenters. The van der Waals surface area contributed by atoms with Gasteiger partial charge in [0.05, 0.1) is 11.1 Å². The van der Waals surface area contributed by atoms with Gasteiger partial charge in [0.2, 0.25) is 6.10 Å². The molecule has 0 fully saturated rings. The SMILES string of the molecule is CC1Oc2ccccc2OC1C(=O)NNC(=O)c1cc([N+](=O)[O-])c[nH]1. The molecule has 1 aliphatic heterocycles. The molecule has 10 nitrogen and oxygen atoms in total. The Labute approximate surface area is 141 Å². The molecule has 0 aliphatic carbocycles. The van der Waals surface area contributed by atoms with Crippen LogP contribution in [0.1, 0.15) is 17.4 Å². The maximum Gasteiger partial charge on any atom is 0.287 e. The number of H-pyrrole nitrogens is 1. The molecule has 2 aromatic rings. The Morgan fingerprint density at radius 2 is 1.88 bits per heavy atom. The first-order chi connectivity index (χ1) is 12.0. The molecule has 1 aromatic carbocycles. The molecule has 1 aromatic heterocycles. The number of rotatable bonds is 3. The molecule has 0 saturated carbocycles. The summed E-state index contributed by atoms with van der Waals surface area (Å²) in [4.78, 5) is 36.5. The highest BCUT2D eigenvalue weighted by atomic mass is 16.6. The van der Waals surface area contributed by atoms with Crippen molar-refractivity contribution in [3.63, 3.8) is 0 Å². The van der Waals surface area contributed by atoms with Crippen LogP contribution in [0.15, 0.2) is 36.5 Å². The second kappa shape index (κ2) is 6.51. The van der Waals surface area contributed by atoms with E-state index in [0.29, 0.717) is 11.5 Å². The van der Waals surface area contributed by atoms with E-state index in [1.165, 1.54) is 0 Å². The zero-order valence-corrected chi connectivity index (χ0v) is 13.0. The van der Waals surface area contributed by atoms with E-state index < -0.39 is 28.9 Å². The molecule has 130 valence electrons. The van der Waals surface area contributed by atoms with E-state index in [-0.39, 0.29) is 11.4 Å². The molecule has 0 spiro atoms. The summed E-state index contributed by atoms with van der Waals surface area (Å²) in [6.45, 7) is 1.66. The number of hydrogen-bond acceptors (Lipinski definition) is 6. The number of para-hydroxylation sites is 2. The summed E-state index contributed by atoms with van der Waals surface area (Å²) in [5, 5.41) is 10.6. The topological polar surface area (TPSA) is 136 Å². The first-order valence-corrected chi connectivity index (χ1v) is 7.31. The Kier molecular flexibility index (Phi) is 4.25. The van der Waals surface area contributed by atoms with Crippen LogP contribution in [0.5, 0.6) is 11.5 Å². The first-order valence-electron chi connectivity index (χ1n) is 7.31. The predicted molar refractivity (Wildman–Crippen MR) is 84.0 cm³/mol. The van der Waals surface area contributed by atoms with Gasteiger partial charge in [0, 0.05) is 6.07 Å². The molecule has 2 unspecified atom stereocenters. The quantitative estimate of drug-likeness (QED) is 0.558. The largest absolute Gasteiger partial charge is 0.482 e. The number of benzene rings is 1. The second-order valence-corrected chi connectivity index (χ2v) is 5.28. The zero-order chi connectivity index (χ0) is 18.0. The van der Waals surface area contributed by atoms with Crippen LogP contribution in [0.3, 0.4) is 0 Å². The van der Waals surface area contributed by atoms with Crippen LogP contribution in [-0.2, 0) is 4.79 Å². The van der Waals surface area contributed by atoms with Gasteiger partial charge in [-0.15, -0.1) is 0 Å². The van der Waals surface area contributed by atoms with E-state index >= 15 is 0 Å². The number of fused-ring (bicyclic) bond motifs is 1. The molecule has 25 heavy (non-hydrogen) atoms. The van der Waals surface area contributed by atoms with E-state index in [1.54, 1.807) is 31.2 Å². The Balaban J connectivity index is 1.60. The van der Waals surface area contributed by atoms with Gasteiger partial charge in [-0.3, -0.25) is 30.6 Å². The van der Waals surface area contributed by atoms with Gasteiger partial charge in [0.15, 0.2) is 11.5 Å². The highest BCUT2D eigenvalue weighted by Gasteiger charge is 2.34. The fourth-order valence-corrected chi connectivity index (χ4v) is 2.28. The number of hydrazine groups is 1. The van der Waals surface area contributed by atoms with Crippen LogP contribution in [-0.4, -0.2) is 33.9 Å². The molecule has 0 bridgehead atoms. The van der Waals surface area contributed by atoms with Crippen molar-refractivity contribution in [3.8, 4) is 11.5 Å². The van der Waals surface area contributed by atoms with Crippen LogP contribution >= 0.6 is 0 Å². The maximum absolute atomic E-state index is 12.2. The van der Waals surface area contributed by atoms with Gasteiger partial charge in [-0.1, -0.05) is 12.1 Å². The minimum atomic E-state index is -0.965. The van der Waals surface area contributed by atoms with E-state index in [1.807, 2.05) is 0 Å². The molecule has 10 heteroatoms. The van der Waals surface area contributed by atoms with Crippen molar-refractivity contribution in [2.45, 2.75) is 19.1 Å². The average molecular weight is 346 g/mol. The minimum Gasteiger partial charge on any atom is -0.482 e. The van der Waals surface area contributed by atoms with E-state index in [4.69, 9.17) is 9.47 Å². The summed E-state index contributed by atoms with van der Waals surface area (Å²) in [6, 6.07) is 7.97. The molecule has 0 saturated heterocycles. The zero-order valence-electron chi connectivity index (χ0n) is 13.0.